The first-order valence-electron chi connectivity index (χ1n) is 7.85. The van der Waals surface area contributed by atoms with E-state index < -0.39 is 5.97 Å². The molecule has 1 fully saturated rings. The molecule has 0 atom stereocenters. The van der Waals surface area contributed by atoms with Gasteiger partial charge in [0, 0.05) is 4.70 Å². The van der Waals surface area contributed by atoms with E-state index in [1.54, 1.807) is 11.3 Å². The molecular weight excluding hydrogens is 280 g/mol. The second-order valence-electron chi connectivity index (χ2n) is 6.39. The van der Waals surface area contributed by atoms with Gasteiger partial charge in [0.15, 0.2) is 0 Å². The van der Waals surface area contributed by atoms with E-state index in [-0.39, 0.29) is 5.41 Å². The lowest BCUT2D eigenvalue weighted by molar-refractivity contribution is -0.140. The molecule has 3 heteroatoms. The molecule has 2 nitrogen and oxygen atoms in total. The first kappa shape index (κ1) is 14.6. The number of benzene rings is 1. The molecule has 1 aliphatic rings. The van der Waals surface area contributed by atoms with Crippen LogP contribution in [0.2, 0.25) is 0 Å². The molecule has 1 heterocycles. The molecule has 112 valence electrons. The number of aliphatic carboxylic acids is 1. The van der Waals surface area contributed by atoms with Gasteiger partial charge in [-0.2, -0.15) is 0 Å². The molecule has 1 aromatic heterocycles. The van der Waals surface area contributed by atoms with E-state index in [2.05, 4.69) is 29.6 Å². The van der Waals surface area contributed by atoms with Crippen LogP contribution in [0.3, 0.4) is 0 Å². The number of hydrogen-bond donors (Lipinski definition) is 1. The highest BCUT2D eigenvalue weighted by Crippen LogP contribution is 2.43. The molecule has 1 aliphatic carbocycles. The van der Waals surface area contributed by atoms with E-state index in [4.69, 9.17) is 0 Å². The van der Waals surface area contributed by atoms with E-state index >= 15 is 0 Å². The van der Waals surface area contributed by atoms with Crippen molar-refractivity contribution in [3.8, 4) is 0 Å². The lowest BCUT2D eigenvalue weighted by Crippen LogP contribution is -2.28. The summed E-state index contributed by atoms with van der Waals surface area (Å²) in [7, 11) is 0. The third-order valence-corrected chi connectivity index (χ3v) is 5.94. The monoisotopic (exact) mass is 302 g/mol. The van der Waals surface area contributed by atoms with Gasteiger partial charge in [-0.3, -0.25) is 4.79 Å². The molecule has 0 radical (unpaired) electrons. The van der Waals surface area contributed by atoms with E-state index in [0.29, 0.717) is 6.42 Å². The molecular formula is C18H22O2S. The van der Waals surface area contributed by atoms with Gasteiger partial charge >= 0.3 is 5.97 Å². The smallest absolute Gasteiger partial charge is 0.303 e. The van der Waals surface area contributed by atoms with Crippen LogP contribution in [0.25, 0.3) is 10.1 Å². The van der Waals surface area contributed by atoms with Crippen LogP contribution in [-0.2, 0) is 11.2 Å². The van der Waals surface area contributed by atoms with Gasteiger partial charge in [0.1, 0.15) is 0 Å². The number of thiophene rings is 1. The van der Waals surface area contributed by atoms with Gasteiger partial charge < -0.3 is 5.11 Å². The zero-order valence-corrected chi connectivity index (χ0v) is 13.1. The van der Waals surface area contributed by atoms with Crippen LogP contribution in [0.1, 0.15) is 50.5 Å². The van der Waals surface area contributed by atoms with Crippen molar-refractivity contribution in [1.29, 1.82) is 0 Å². The minimum absolute atomic E-state index is 0.0348. The van der Waals surface area contributed by atoms with E-state index in [0.717, 1.165) is 25.7 Å². The van der Waals surface area contributed by atoms with Gasteiger partial charge in [-0.1, -0.05) is 37.5 Å². The Morgan fingerprint density at radius 3 is 2.71 bits per heavy atom. The lowest BCUT2D eigenvalue weighted by atomic mass is 9.68. The maximum atomic E-state index is 11.2. The number of hydrogen-bond acceptors (Lipinski definition) is 2. The summed E-state index contributed by atoms with van der Waals surface area (Å²) in [6.45, 7) is 0. The third kappa shape index (κ3) is 3.29. The fourth-order valence-corrected chi connectivity index (χ4v) is 4.76. The van der Waals surface area contributed by atoms with Crippen molar-refractivity contribution in [2.75, 3.05) is 0 Å². The summed E-state index contributed by atoms with van der Waals surface area (Å²) in [4.78, 5) is 11.2. The van der Waals surface area contributed by atoms with E-state index in [9.17, 15) is 9.90 Å². The zero-order valence-electron chi connectivity index (χ0n) is 12.3. The van der Waals surface area contributed by atoms with Crippen molar-refractivity contribution in [3.63, 3.8) is 0 Å². The number of carboxylic acids is 1. The van der Waals surface area contributed by atoms with Gasteiger partial charge in [-0.05, 0) is 53.5 Å². The van der Waals surface area contributed by atoms with Gasteiger partial charge in [0.25, 0.3) is 0 Å². The van der Waals surface area contributed by atoms with Crippen LogP contribution in [0.5, 0.6) is 0 Å². The minimum Gasteiger partial charge on any atom is -0.481 e. The van der Waals surface area contributed by atoms with Crippen molar-refractivity contribution >= 4 is 27.4 Å². The Morgan fingerprint density at radius 1 is 1.19 bits per heavy atom. The summed E-state index contributed by atoms with van der Waals surface area (Å²) < 4.78 is 1.34. The van der Waals surface area contributed by atoms with Crippen molar-refractivity contribution in [1.82, 2.24) is 0 Å². The molecule has 21 heavy (non-hydrogen) atoms. The fraction of sp³-hybridized carbons (Fsp3) is 0.500. The molecule has 3 rings (SSSR count). The fourth-order valence-electron chi connectivity index (χ4n) is 3.76. The largest absolute Gasteiger partial charge is 0.481 e. The first-order chi connectivity index (χ1) is 10.2. The number of carbonyl (C=O) groups is 1. The maximum absolute atomic E-state index is 11.2. The molecule has 0 spiro atoms. The summed E-state index contributed by atoms with van der Waals surface area (Å²) in [5.41, 5.74) is 1.43. The number of carboxylic acid groups (broad SMARTS) is 1. The minimum atomic E-state index is -0.632. The van der Waals surface area contributed by atoms with Crippen LogP contribution in [0.4, 0.5) is 0 Å². The normalized spacial score (nSPS) is 17.9. The van der Waals surface area contributed by atoms with E-state index in [1.807, 2.05) is 0 Å². The van der Waals surface area contributed by atoms with Crippen molar-refractivity contribution < 1.29 is 9.90 Å². The Balaban J connectivity index is 1.75. The van der Waals surface area contributed by atoms with Gasteiger partial charge in [-0.15, -0.1) is 11.3 Å². The van der Waals surface area contributed by atoms with Crippen LogP contribution in [0.15, 0.2) is 29.6 Å². The third-order valence-electron chi connectivity index (χ3n) is 4.93. The van der Waals surface area contributed by atoms with Crippen LogP contribution >= 0.6 is 11.3 Å². The summed E-state index contributed by atoms with van der Waals surface area (Å²) in [6, 6.07) is 8.52. The zero-order chi connectivity index (χ0) is 14.7. The SMILES string of the molecule is O=C(O)CC1(CCc2csc3ccccc23)CCCCC1. The predicted octanol–water partition coefficient (Wildman–Crippen LogP) is 5.26. The van der Waals surface area contributed by atoms with Gasteiger partial charge in [-0.25, -0.2) is 0 Å². The number of fused-ring (bicyclic) bond motifs is 1. The predicted molar refractivity (Wildman–Crippen MR) is 87.9 cm³/mol. The van der Waals surface area contributed by atoms with Gasteiger partial charge in [0.05, 0.1) is 6.42 Å². The first-order valence-corrected chi connectivity index (χ1v) is 8.73. The second-order valence-corrected chi connectivity index (χ2v) is 7.30. The highest BCUT2D eigenvalue weighted by atomic mass is 32.1. The summed E-state index contributed by atoms with van der Waals surface area (Å²) in [5.74, 6) is -0.632. The number of aryl methyl sites for hydroxylation is 1. The molecule has 0 saturated heterocycles. The highest BCUT2D eigenvalue weighted by Gasteiger charge is 2.34. The van der Waals surface area contributed by atoms with Crippen LogP contribution < -0.4 is 0 Å². The maximum Gasteiger partial charge on any atom is 0.303 e. The average Bonchev–Trinajstić information content (AvgIpc) is 2.89. The van der Waals surface area contributed by atoms with Gasteiger partial charge in [0.2, 0.25) is 0 Å². The average molecular weight is 302 g/mol. The Bertz CT molecular complexity index is 623. The molecule has 0 bridgehead atoms. The molecule has 1 saturated carbocycles. The van der Waals surface area contributed by atoms with Crippen molar-refractivity contribution in [3.05, 3.63) is 35.2 Å². The molecule has 1 N–H and O–H groups in total. The van der Waals surface area contributed by atoms with Crippen LogP contribution in [-0.4, -0.2) is 11.1 Å². The molecule has 1 aromatic carbocycles. The molecule has 0 unspecified atom stereocenters. The highest BCUT2D eigenvalue weighted by molar-refractivity contribution is 7.17. The second kappa shape index (κ2) is 6.18. The quantitative estimate of drug-likeness (QED) is 0.818. The standard InChI is InChI=1S/C18H22O2S/c19-17(20)12-18(9-4-1-5-10-18)11-8-14-13-21-16-7-3-2-6-15(14)16/h2-3,6-7,13H,1,4-5,8-12H2,(H,19,20). The number of rotatable bonds is 5. The van der Waals surface area contributed by atoms with Crippen molar-refractivity contribution in [2.24, 2.45) is 5.41 Å². The Labute approximate surface area is 129 Å². The summed E-state index contributed by atoms with van der Waals surface area (Å²) in [6.07, 6.45) is 8.19. The summed E-state index contributed by atoms with van der Waals surface area (Å²) >= 11 is 1.80. The lowest BCUT2D eigenvalue weighted by Gasteiger charge is -2.36. The summed E-state index contributed by atoms with van der Waals surface area (Å²) in [5, 5.41) is 12.9. The molecule has 0 amide bonds. The Morgan fingerprint density at radius 2 is 1.95 bits per heavy atom. The Kier molecular flexibility index (Phi) is 4.29. The Hall–Kier alpha value is -1.35. The van der Waals surface area contributed by atoms with Crippen molar-refractivity contribution in [2.45, 2.75) is 51.4 Å². The van der Waals surface area contributed by atoms with E-state index in [1.165, 1.54) is 34.9 Å². The molecule has 2 aromatic rings. The molecule has 0 aliphatic heterocycles. The van der Waals surface area contributed by atoms with Crippen LogP contribution in [0, 0.1) is 5.41 Å². The topological polar surface area (TPSA) is 37.3 Å².